The molecule has 0 unspecified atom stereocenters. The van der Waals surface area contributed by atoms with E-state index < -0.39 is 9.84 Å². The number of hydrogen-bond donors (Lipinski definition) is 0. The summed E-state index contributed by atoms with van der Waals surface area (Å²) in [6, 6.07) is 13.4. The molecule has 0 heterocycles. The number of sulfone groups is 1. The molecule has 20 heavy (non-hydrogen) atoms. The lowest BCUT2D eigenvalue weighted by atomic mass is 9.99. The van der Waals surface area contributed by atoms with Crippen LogP contribution in [0.4, 0.5) is 0 Å². The Bertz CT molecular complexity index is 712. The molecule has 2 aromatic rings. The van der Waals surface area contributed by atoms with Crippen molar-refractivity contribution in [1.82, 2.24) is 0 Å². The van der Waals surface area contributed by atoms with E-state index in [1.54, 1.807) is 13.0 Å². The lowest BCUT2D eigenvalue weighted by molar-refractivity contribution is 0.0983. The molecule has 2 aromatic carbocycles. The van der Waals surface area contributed by atoms with Gasteiger partial charge in [-0.25, -0.2) is 8.42 Å². The smallest absolute Gasteiger partial charge is 0.163 e. The summed E-state index contributed by atoms with van der Waals surface area (Å²) in [5.41, 5.74) is 0.678. The van der Waals surface area contributed by atoms with Crippen LogP contribution in [0.25, 0.3) is 10.8 Å². The first-order valence-corrected chi connectivity index (χ1v) is 8.57. The highest BCUT2D eigenvalue weighted by atomic mass is 32.2. The molecule has 0 amide bonds. The first-order chi connectivity index (χ1) is 9.53. The van der Waals surface area contributed by atoms with Crippen molar-refractivity contribution in [2.75, 3.05) is 11.5 Å². The molecule has 0 saturated carbocycles. The number of ketones is 1. The van der Waals surface area contributed by atoms with Crippen LogP contribution >= 0.6 is 0 Å². The third-order valence-corrected chi connectivity index (χ3v) is 5.18. The molecule has 4 heteroatoms. The van der Waals surface area contributed by atoms with Gasteiger partial charge in [-0.2, -0.15) is 0 Å². The van der Waals surface area contributed by atoms with E-state index in [4.69, 9.17) is 0 Å². The van der Waals surface area contributed by atoms with Gasteiger partial charge in [-0.1, -0.05) is 49.4 Å². The molecule has 0 radical (unpaired) electrons. The van der Waals surface area contributed by atoms with Crippen molar-refractivity contribution in [2.45, 2.75) is 19.8 Å². The summed E-state index contributed by atoms with van der Waals surface area (Å²) >= 11 is 0. The highest BCUT2D eigenvalue weighted by Crippen LogP contribution is 2.20. The van der Waals surface area contributed by atoms with Gasteiger partial charge >= 0.3 is 0 Å². The van der Waals surface area contributed by atoms with E-state index in [0.29, 0.717) is 12.0 Å². The van der Waals surface area contributed by atoms with Crippen LogP contribution in [0, 0.1) is 0 Å². The zero-order chi connectivity index (χ0) is 14.6. The van der Waals surface area contributed by atoms with Crippen LogP contribution < -0.4 is 0 Å². The number of benzene rings is 2. The molecule has 0 aliphatic rings. The number of fused-ring (bicyclic) bond motifs is 1. The van der Waals surface area contributed by atoms with Gasteiger partial charge < -0.3 is 0 Å². The fraction of sp³-hybridized carbons (Fsp3) is 0.312. The molecule has 0 atom stereocenters. The maximum atomic E-state index is 12.2. The molecule has 0 spiro atoms. The molecule has 3 nitrogen and oxygen atoms in total. The first-order valence-electron chi connectivity index (χ1n) is 6.75. The van der Waals surface area contributed by atoms with Crippen LogP contribution in [0.2, 0.25) is 0 Å². The normalized spacial score (nSPS) is 11.7. The fourth-order valence-corrected chi connectivity index (χ4v) is 3.07. The van der Waals surface area contributed by atoms with E-state index in [1.807, 2.05) is 36.4 Å². The second-order valence-electron chi connectivity index (χ2n) is 4.79. The third-order valence-electron chi connectivity index (χ3n) is 3.39. The number of carbonyl (C=O) groups is 1. The average Bonchev–Trinajstić information content (AvgIpc) is 2.46. The van der Waals surface area contributed by atoms with Gasteiger partial charge in [-0.3, -0.25) is 4.79 Å². The van der Waals surface area contributed by atoms with Gasteiger partial charge in [0.15, 0.2) is 5.78 Å². The van der Waals surface area contributed by atoms with Crippen LogP contribution in [0.15, 0.2) is 42.5 Å². The molecule has 0 fully saturated rings. The summed E-state index contributed by atoms with van der Waals surface area (Å²) in [6.07, 6.45) is 0.658. The van der Waals surface area contributed by atoms with Crippen LogP contribution in [0.3, 0.4) is 0 Å². The lowest BCUT2D eigenvalue weighted by Crippen LogP contribution is -2.10. The Morgan fingerprint density at radius 3 is 2.50 bits per heavy atom. The summed E-state index contributed by atoms with van der Waals surface area (Å²) in [5.74, 6) is 0.225. The Labute approximate surface area is 119 Å². The van der Waals surface area contributed by atoms with Gasteiger partial charge in [-0.15, -0.1) is 0 Å². The predicted molar refractivity (Wildman–Crippen MR) is 81.8 cm³/mol. The highest BCUT2D eigenvalue weighted by Gasteiger charge is 2.12. The maximum absolute atomic E-state index is 12.2. The van der Waals surface area contributed by atoms with Gasteiger partial charge in [0.1, 0.15) is 9.84 Å². The molecule has 0 aliphatic carbocycles. The summed E-state index contributed by atoms with van der Waals surface area (Å²) in [4.78, 5) is 12.2. The lowest BCUT2D eigenvalue weighted by Gasteiger charge is -2.06. The number of carbonyl (C=O) groups excluding carboxylic acids is 1. The molecule has 0 saturated heterocycles. The molecule has 0 N–H and O–H groups in total. The Balaban J connectivity index is 2.12. The SMILES string of the molecule is CCS(=O)(=O)CCCC(=O)c1cccc2ccccc12. The second kappa shape index (κ2) is 6.18. The number of hydrogen-bond acceptors (Lipinski definition) is 3. The first kappa shape index (κ1) is 14.7. The van der Waals surface area contributed by atoms with Crippen molar-refractivity contribution in [3.05, 3.63) is 48.0 Å². The Morgan fingerprint density at radius 2 is 1.75 bits per heavy atom. The minimum Gasteiger partial charge on any atom is -0.294 e. The monoisotopic (exact) mass is 290 g/mol. The van der Waals surface area contributed by atoms with Crippen molar-refractivity contribution in [3.63, 3.8) is 0 Å². The van der Waals surface area contributed by atoms with E-state index in [1.165, 1.54) is 0 Å². The molecule has 0 bridgehead atoms. The van der Waals surface area contributed by atoms with Crippen LogP contribution in [0.5, 0.6) is 0 Å². The number of rotatable bonds is 6. The predicted octanol–water partition coefficient (Wildman–Crippen LogP) is 3.24. The van der Waals surface area contributed by atoms with Gasteiger partial charge in [0.2, 0.25) is 0 Å². The van der Waals surface area contributed by atoms with Gasteiger partial charge in [-0.05, 0) is 17.2 Å². The van der Waals surface area contributed by atoms with Gasteiger partial charge in [0, 0.05) is 17.7 Å². The zero-order valence-electron chi connectivity index (χ0n) is 11.5. The van der Waals surface area contributed by atoms with Gasteiger partial charge in [0.25, 0.3) is 0 Å². The summed E-state index contributed by atoms with van der Waals surface area (Å²) in [7, 11) is -2.99. The van der Waals surface area contributed by atoms with Crippen molar-refractivity contribution >= 4 is 26.4 Å². The van der Waals surface area contributed by atoms with Crippen LogP contribution in [-0.2, 0) is 9.84 Å². The van der Waals surface area contributed by atoms with E-state index in [0.717, 1.165) is 10.8 Å². The van der Waals surface area contributed by atoms with Crippen LogP contribution in [-0.4, -0.2) is 25.7 Å². The topological polar surface area (TPSA) is 51.2 Å². The fourth-order valence-electron chi connectivity index (χ4n) is 2.20. The standard InChI is InChI=1S/C16H18O3S/c1-2-20(18,19)12-6-11-16(17)15-10-5-8-13-7-3-4-9-14(13)15/h3-5,7-10H,2,6,11-12H2,1H3. The zero-order valence-corrected chi connectivity index (χ0v) is 12.3. The van der Waals surface area contributed by atoms with E-state index in [9.17, 15) is 13.2 Å². The Morgan fingerprint density at radius 1 is 1.05 bits per heavy atom. The van der Waals surface area contributed by atoms with E-state index in [2.05, 4.69) is 0 Å². The van der Waals surface area contributed by atoms with Crippen molar-refractivity contribution in [2.24, 2.45) is 0 Å². The third kappa shape index (κ3) is 3.45. The van der Waals surface area contributed by atoms with E-state index >= 15 is 0 Å². The van der Waals surface area contributed by atoms with Crippen molar-refractivity contribution in [1.29, 1.82) is 0 Å². The molecule has 2 rings (SSSR count). The maximum Gasteiger partial charge on any atom is 0.163 e. The summed E-state index contributed by atoms with van der Waals surface area (Å²) in [6.45, 7) is 1.63. The average molecular weight is 290 g/mol. The van der Waals surface area contributed by atoms with Gasteiger partial charge in [0.05, 0.1) is 5.75 Å². The largest absolute Gasteiger partial charge is 0.294 e. The van der Waals surface area contributed by atoms with Crippen LogP contribution in [0.1, 0.15) is 30.1 Å². The highest BCUT2D eigenvalue weighted by molar-refractivity contribution is 7.91. The Hall–Kier alpha value is -1.68. The molecular weight excluding hydrogens is 272 g/mol. The quantitative estimate of drug-likeness (QED) is 0.767. The Kier molecular flexibility index (Phi) is 4.55. The second-order valence-corrected chi connectivity index (χ2v) is 7.26. The summed E-state index contributed by atoms with van der Waals surface area (Å²) in [5, 5.41) is 1.96. The van der Waals surface area contributed by atoms with E-state index in [-0.39, 0.29) is 23.7 Å². The molecular formula is C16H18O3S. The number of Topliss-reactive ketones (excluding diaryl/α,β-unsaturated/α-hetero) is 1. The van der Waals surface area contributed by atoms with Crippen molar-refractivity contribution < 1.29 is 13.2 Å². The molecule has 0 aliphatic heterocycles. The summed E-state index contributed by atoms with van der Waals surface area (Å²) < 4.78 is 22.8. The minimum atomic E-state index is -2.99. The molecule has 106 valence electrons. The minimum absolute atomic E-state index is 0.00750. The molecule has 0 aromatic heterocycles. The van der Waals surface area contributed by atoms with Crippen molar-refractivity contribution in [3.8, 4) is 0 Å².